The summed E-state index contributed by atoms with van der Waals surface area (Å²) < 4.78 is 5.63. The summed E-state index contributed by atoms with van der Waals surface area (Å²) in [6.45, 7) is 6.89. The second-order valence-corrected chi connectivity index (χ2v) is 4.47. The Balaban J connectivity index is 2.27. The molecule has 0 aliphatic rings. The Morgan fingerprint density at radius 2 is 1.79 bits per heavy atom. The van der Waals surface area contributed by atoms with Gasteiger partial charge < -0.3 is 10.1 Å². The molecule has 0 bridgehead atoms. The van der Waals surface area contributed by atoms with Crippen molar-refractivity contribution in [1.82, 2.24) is 9.97 Å². The van der Waals surface area contributed by atoms with Gasteiger partial charge in [-0.15, -0.1) is 0 Å². The van der Waals surface area contributed by atoms with E-state index in [2.05, 4.69) is 15.3 Å². The number of nitrogens with zero attached hydrogens (tertiary/aromatic N) is 2. The highest BCUT2D eigenvalue weighted by Gasteiger charge is 2.07. The normalized spacial score (nSPS) is 10.5. The summed E-state index contributed by atoms with van der Waals surface area (Å²) in [6.07, 6.45) is 3.58. The average molecular weight is 257 g/mol. The molecule has 0 unspecified atom stereocenters. The minimum Gasteiger partial charge on any atom is -0.491 e. The molecule has 0 aliphatic carbocycles. The van der Waals surface area contributed by atoms with Crippen LogP contribution in [0, 0.1) is 0 Å². The predicted molar refractivity (Wildman–Crippen MR) is 77.4 cm³/mol. The third-order valence-electron chi connectivity index (χ3n) is 2.54. The van der Waals surface area contributed by atoms with E-state index < -0.39 is 0 Å². The number of rotatable bonds is 5. The molecular formula is C15H19N3O. The molecule has 4 heteroatoms. The highest BCUT2D eigenvalue weighted by atomic mass is 16.5. The fourth-order valence-corrected chi connectivity index (χ4v) is 1.81. The molecule has 19 heavy (non-hydrogen) atoms. The van der Waals surface area contributed by atoms with Gasteiger partial charge >= 0.3 is 0 Å². The topological polar surface area (TPSA) is 47.0 Å². The van der Waals surface area contributed by atoms with Crippen LogP contribution in [0.4, 0.5) is 5.82 Å². The van der Waals surface area contributed by atoms with Crippen LogP contribution in [0.5, 0.6) is 5.75 Å². The zero-order chi connectivity index (χ0) is 13.7. The second kappa shape index (κ2) is 6.18. The minimum atomic E-state index is 0.180. The first kappa shape index (κ1) is 13.3. The lowest BCUT2D eigenvalue weighted by Gasteiger charge is -2.11. The Hall–Kier alpha value is -2.10. The molecule has 2 rings (SSSR count). The van der Waals surface area contributed by atoms with Gasteiger partial charge in [-0.05, 0) is 45.0 Å². The fraction of sp³-hybridized carbons (Fsp3) is 0.333. The van der Waals surface area contributed by atoms with Gasteiger partial charge in [0.25, 0.3) is 0 Å². The molecule has 2 aromatic rings. The minimum absolute atomic E-state index is 0.180. The summed E-state index contributed by atoms with van der Waals surface area (Å²) in [4.78, 5) is 8.70. The summed E-state index contributed by atoms with van der Waals surface area (Å²) >= 11 is 0. The van der Waals surface area contributed by atoms with Gasteiger partial charge in [0.05, 0.1) is 6.10 Å². The molecule has 4 nitrogen and oxygen atoms in total. The van der Waals surface area contributed by atoms with E-state index in [0.29, 0.717) is 0 Å². The second-order valence-electron chi connectivity index (χ2n) is 4.47. The van der Waals surface area contributed by atoms with Gasteiger partial charge in [0.2, 0.25) is 0 Å². The maximum absolute atomic E-state index is 5.63. The number of aromatic nitrogens is 2. The number of nitrogens with one attached hydrogen (secondary N) is 1. The summed E-state index contributed by atoms with van der Waals surface area (Å²) in [7, 11) is 0. The van der Waals surface area contributed by atoms with Crippen molar-refractivity contribution in [2.75, 3.05) is 11.9 Å². The Labute approximate surface area is 113 Å². The van der Waals surface area contributed by atoms with E-state index in [1.54, 1.807) is 12.4 Å². The van der Waals surface area contributed by atoms with E-state index in [0.717, 1.165) is 29.4 Å². The zero-order valence-corrected chi connectivity index (χ0v) is 11.6. The van der Waals surface area contributed by atoms with Crippen molar-refractivity contribution in [3.8, 4) is 17.0 Å². The highest BCUT2D eigenvalue weighted by Crippen LogP contribution is 2.25. The van der Waals surface area contributed by atoms with Crippen LogP contribution in [0.1, 0.15) is 20.8 Å². The van der Waals surface area contributed by atoms with Crippen molar-refractivity contribution < 1.29 is 4.74 Å². The molecule has 0 fully saturated rings. The van der Waals surface area contributed by atoms with Crippen LogP contribution in [0.2, 0.25) is 0 Å². The van der Waals surface area contributed by atoms with Gasteiger partial charge in [-0.2, -0.15) is 0 Å². The molecule has 0 saturated heterocycles. The van der Waals surface area contributed by atoms with Crippen molar-refractivity contribution in [1.29, 1.82) is 0 Å². The number of ether oxygens (including phenoxy) is 1. The van der Waals surface area contributed by atoms with E-state index in [4.69, 9.17) is 4.74 Å². The van der Waals surface area contributed by atoms with E-state index in [-0.39, 0.29) is 6.10 Å². The largest absolute Gasteiger partial charge is 0.491 e. The summed E-state index contributed by atoms with van der Waals surface area (Å²) in [5, 5.41) is 3.22. The molecule has 0 amide bonds. The van der Waals surface area contributed by atoms with Crippen LogP contribution in [0.15, 0.2) is 36.7 Å². The quantitative estimate of drug-likeness (QED) is 0.892. The first-order valence-electron chi connectivity index (χ1n) is 6.52. The maximum atomic E-state index is 5.63. The molecule has 0 spiro atoms. The monoisotopic (exact) mass is 257 g/mol. The van der Waals surface area contributed by atoms with Gasteiger partial charge in [0.1, 0.15) is 11.4 Å². The maximum Gasteiger partial charge on any atom is 0.152 e. The van der Waals surface area contributed by atoms with Crippen LogP contribution in [0.25, 0.3) is 11.3 Å². The summed E-state index contributed by atoms with van der Waals surface area (Å²) in [5.74, 6) is 1.68. The third kappa shape index (κ3) is 3.44. The van der Waals surface area contributed by atoms with E-state index in [1.165, 1.54) is 0 Å². The number of hydrogen-bond donors (Lipinski definition) is 1. The van der Waals surface area contributed by atoms with Crippen LogP contribution >= 0.6 is 0 Å². The molecule has 100 valence electrons. The Kier molecular flexibility index (Phi) is 4.34. The first-order valence-corrected chi connectivity index (χ1v) is 6.52. The average Bonchev–Trinajstić information content (AvgIpc) is 2.40. The van der Waals surface area contributed by atoms with E-state index in [1.807, 2.05) is 45.0 Å². The highest BCUT2D eigenvalue weighted by molar-refractivity contribution is 5.71. The Bertz CT molecular complexity index is 523. The lowest BCUT2D eigenvalue weighted by atomic mass is 10.1. The number of anilines is 1. The van der Waals surface area contributed by atoms with Crippen LogP contribution < -0.4 is 10.1 Å². The van der Waals surface area contributed by atoms with Crippen molar-refractivity contribution >= 4 is 5.82 Å². The van der Waals surface area contributed by atoms with Crippen molar-refractivity contribution in [3.63, 3.8) is 0 Å². The van der Waals surface area contributed by atoms with Gasteiger partial charge in [-0.1, -0.05) is 0 Å². The first-order chi connectivity index (χ1) is 9.20. The zero-order valence-electron chi connectivity index (χ0n) is 11.6. The van der Waals surface area contributed by atoms with Crippen LogP contribution in [0.3, 0.4) is 0 Å². The van der Waals surface area contributed by atoms with Gasteiger partial charge in [-0.25, -0.2) is 4.98 Å². The SMILES string of the molecule is CCNc1nccnc1-c1ccc(OC(C)C)cc1. The van der Waals surface area contributed by atoms with Gasteiger partial charge in [0.15, 0.2) is 5.82 Å². The molecule has 1 N–H and O–H groups in total. The summed E-state index contributed by atoms with van der Waals surface area (Å²) in [6, 6.07) is 7.92. The molecule has 1 aromatic heterocycles. The standard InChI is InChI=1S/C15H19N3O/c1-4-16-15-14(17-9-10-18-15)12-5-7-13(8-6-12)19-11(2)3/h5-11H,4H2,1-3H3,(H,16,18). The Morgan fingerprint density at radius 1 is 1.11 bits per heavy atom. The molecule has 0 saturated carbocycles. The molecule has 1 aromatic carbocycles. The molecule has 0 atom stereocenters. The molecular weight excluding hydrogens is 238 g/mol. The molecule has 0 radical (unpaired) electrons. The van der Waals surface area contributed by atoms with E-state index >= 15 is 0 Å². The van der Waals surface area contributed by atoms with Crippen LogP contribution in [-0.2, 0) is 0 Å². The Morgan fingerprint density at radius 3 is 2.42 bits per heavy atom. The van der Waals surface area contributed by atoms with Gasteiger partial charge in [0, 0.05) is 24.5 Å². The van der Waals surface area contributed by atoms with Crippen molar-refractivity contribution in [2.45, 2.75) is 26.9 Å². The molecule has 1 heterocycles. The smallest absolute Gasteiger partial charge is 0.152 e. The van der Waals surface area contributed by atoms with Crippen LogP contribution in [-0.4, -0.2) is 22.6 Å². The number of benzene rings is 1. The third-order valence-corrected chi connectivity index (χ3v) is 2.54. The predicted octanol–water partition coefficient (Wildman–Crippen LogP) is 3.36. The van der Waals surface area contributed by atoms with Gasteiger partial charge in [-0.3, -0.25) is 4.98 Å². The summed E-state index contributed by atoms with van der Waals surface area (Å²) in [5.41, 5.74) is 1.89. The number of hydrogen-bond acceptors (Lipinski definition) is 4. The van der Waals surface area contributed by atoms with Crippen molar-refractivity contribution in [2.24, 2.45) is 0 Å². The van der Waals surface area contributed by atoms with Crippen molar-refractivity contribution in [3.05, 3.63) is 36.7 Å². The molecule has 0 aliphatic heterocycles. The lowest BCUT2D eigenvalue weighted by Crippen LogP contribution is -2.05. The fourth-order valence-electron chi connectivity index (χ4n) is 1.81. The van der Waals surface area contributed by atoms with E-state index in [9.17, 15) is 0 Å². The lowest BCUT2D eigenvalue weighted by molar-refractivity contribution is 0.242.